The molecule has 0 aromatic heterocycles. The highest BCUT2D eigenvalue weighted by Gasteiger charge is 2.62. The molecule has 0 bridgehead atoms. The van der Waals surface area contributed by atoms with Gasteiger partial charge in [-0.15, -0.1) is 0 Å². The molecule has 3 atom stereocenters. The average molecular weight is 339 g/mol. The SMILES string of the molecule is COC(=O)[C@@H]1[C@H](COS(C)(=O)=O)ON2CCC(OC)(OC)[C@H]12. The Morgan fingerprint density at radius 2 is 1.95 bits per heavy atom. The minimum atomic E-state index is -3.64. The van der Waals surface area contributed by atoms with Gasteiger partial charge in [0.05, 0.1) is 20.0 Å². The first-order chi connectivity index (χ1) is 10.3. The molecule has 0 saturated carbocycles. The third-order valence-corrected chi connectivity index (χ3v) is 4.63. The van der Waals surface area contributed by atoms with Gasteiger partial charge in [-0.1, -0.05) is 0 Å². The minimum absolute atomic E-state index is 0.283. The van der Waals surface area contributed by atoms with E-state index in [4.69, 9.17) is 23.2 Å². The largest absolute Gasteiger partial charge is 0.469 e. The lowest BCUT2D eigenvalue weighted by Gasteiger charge is -2.33. The van der Waals surface area contributed by atoms with E-state index < -0.39 is 39.9 Å². The summed E-state index contributed by atoms with van der Waals surface area (Å²) >= 11 is 0. The number of methoxy groups -OCH3 is 3. The van der Waals surface area contributed by atoms with Crippen molar-refractivity contribution in [2.24, 2.45) is 5.92 Å². The van der Waals surface area contributed by atoms with Crippen molar-refractivity contribution in [1.82, 2.24) is 5.06 Å². The van der Waals surface area contributed by atoms with E-state index in [2.05, 4.69) is 0 Å². The predicted molar refractivity (Wildman–Crippen MR) is 73.0 cm³/mol. The van der Waals surface area contributed by atoms with Crippen LogP contribution in [0.5, 0.6) is 0 Å². The topological polar surface area (TPSA) is 101 Å². The normalized spacial score (nSPS) is 31.2. The third kappa shape index (κ3) is 3.12. The Morgan fingerprint density at radius 3 is 2.45 bits per heavy atom. The average Bonchev–Trinajstić information content (AvgIpc) is 3.00. The van der Waals surface area contributed by atoms with Crippen LogP contribution in [0.1, 0.15) is 6.42 Å². The molecule has 0 unspecified atom stereocenters. The van der Waals surface area contributed by atoms with Crippen LogP contribution in [0.3, 0.4) is 0 Å². The lowest BCUT2D eigenvalue weighted by Crippen LogP contribution is -2.51. The molecule has 2 saturated heterocycles. The van der Waals surface area contributed by atoms with E-state index in [0.29, 0.717) is 13.0 Å². The molecule has 0 amide bonds. The molecule has 128 valence electrons. The van der Waals surface area contributed by atoms with Gasteiger partial charge in [0, 0.05) is 27.2 Å². The number of rotatable bonds is 6. The summed E-state index contributed by atoms with van der Waals surface area (Å²) in [6.07, 6.45) is 0.653. The molecule has 0 aromatic carbocycles. The fraction of sp³-hybridized carbons (Fsp3) is 0.917. The van der Waals surface area contributed by atoms with Crippen molar-refractivity contribution in [3.05, 3.63) is 0 Å². The summed E-state index contributed by atoms with van der Waals surface area (Å²) in [4.78, 5) is 17.8. The molecule has 0 aromatic rings. The highest BCUT2D eigenvalue weighted by molar-refractivity contribution is 7.85. The number of ether oxygens (including phenoxy) is 3. The zero-order valence-electron chi connectivity index (χ0n) is 13.0. The zero-order valence-corrected chi connectivity index (χ0v) is 13.8. The van der Waals surface area contributed by atoms with Crippen molar-refractivity contribution in [2.45, 2.75) is 24.4 Å². The van der Waals surface area contributed by atoms with Gasteiger partial charge in [-0.2, -0.15) is 13.5 Å². The third-order valence-electron chi connectivity index (χ3n) is 4.06. The first-order valence-electron chi connectivity index (χ1n) is 6.74. The molecule has 2 aliphatic rings. The molecule has 2 heterocycles. The smallest absolute Gasteiger partial charge is 0.313 e. The number of esters is 1. The second kappa shape index (κ2) is 6.38. The standard InChI is InChI=1S/C12H21NO8S/c1-17-11(14)9-8(7-20-22(4,15)16)21-13-6-5-12(18-2,19-3)10(9)13/h8-10H,5-7H2,1-4H3/t8-,9+,10-/m0/s1. The number of carbonyl (C=O) groups excluding carboxylic acids is 1. The number of hydroxylamine groups is 2. The number of nitrogens with zero attached hydrogens (tertiary/aromatic N) is 1. The summed E-state index contributed by atoms with van der Waals surface area (Å²) in [7, 11) is 0.591. The Bertz CT molecular complexity index is 517. The van der Waals surface area contributed by atoms with Gasteiger partial charge >= 0.3 is 5.97 Å². The highest BCUT2D eigenvalue weighted by Crippen LogP contribution is 2.44. The Hall–Kier alpha value is -0.780. The highest BCUT2D eigenvalue weighted by atomic mass is 32.2. The monoisotopic (exact) mass is 339 g/mol. The summed E-state index contributed by atoms with van der Waals surface area (Å²) in [6.45, 7) is 0.199. The number of hydrogen-bond acceptors (Lipinski definition) is 9. The number of fused-ring (bicyclic) bond motifs is 1. The van der Waals surface area contributed by atoms with E-state index in [0.717, 1.165) is 6.26 Å². The van der Waals surface area contributed by atoms with Gasteiger partial charge in [-0.05, 0) is 0 Å². The summed E-state index contributed by atoms with van der Waals surface area (Å²) in [5, 5.41) is 1.57. The van der Waals surface area contributed by atoms with Gasteiger partial charge in [0.15, 0.2) is 5.79 Å². The van der Waals surface area contributed by atoms with Crippen LogP contribution in [0.2, 0.25) is 0 Å². The van der Waals surface area contributed by atoms with Crippen LogP contribution in [0.15, 0.2) is 0 Å². The van der Waals surface area contributed by atoms with E-state index in [1.54, 1.807) is 5.06 Å². The van der Waals surface area contributed by atoms with Gasteiger partial charge in [0.25, 0.3) is 10.1 Å². The van der Waals surface area contributed by atoms with Crippen molar-refractivity contribution < 1.29 is 36.4 Å². The summed E-state index contributed by atoms with van der Waals surface area (Å²) in [5.74, 6) is -2.33. The first kappa shape index (κ1) is 17.6. The summed E-state index contributed by atoms with van der Waals surface area (Å²) < 4.78 is 42.9. The molecular weight excluding hydrogens is 318 g/mol. The molecule has 2 rings (SSSR count). The molecule has 2 aliphatic heterocycles. The van der Waals surface area contributed by atoms with Crippen LogP contribution in [-0.2, 0) is 38.1 Å². The van der Waals surface area contributed by atoms with Crippen molar-refractivity contribution >= 4 is 16.1 Å². The van der Waals surface area contributed by atoms with E-state index >= 15 is 0 Å². The zero-order chi connectivity index (χ0) is 16.5. The Kier molecular flexibility index (Phi) is 5.09. The minimum Gasteiger partial charge on any atom is -0.469 e. The lowest BCUT2D eigenvalue weighted by molar-refractivity contribution is -0.238. The molecule has 0 spiro atoms. The summed E-state index contributed by atoms with van der Waals surface area (Å²) in [5.41, 5.74) is 0. The fourth-order valence-electron chi connectivity index (χ4n) is 3.06. The first-order valence-corrected chi connectivity index (χ1v) is 8.55. The molecule has 0 N–H and O–H groups in total. The Labute approximate surface area is 129 Å². The van der Waals surface area contributed by atoms with Crippen molar-refractivity contribution in [1.29, 1.82) is 0 Å². The van der Waals surface area contributed by atoms with E-state index in [1.165, 1.54) is 21.3 Å². The van der Waals surface area contributed by atoms with Crippen LogP contribution in [-0.4, -0.2) is 78.1 Å². The van der Waals surface area contributed by atoms with Gasteiger partial charge in [0.1, 0.15) is 18.1 Å². The number of hydrogen-bond donors (Lipinski definition) is 0. The van der Waals surface area contributed by atoms with E-state index in [-0.39, 0.29) is 6.61 Å². The van der Waals surface area contributed by atoms with Crippen LogP contribution in [0.4, 0.5) is 0 Å². The molecule has 9 nitrogen and oxygen atoms in total. The van der Waals surface area contributed by atoms with Crippen molar-refractivity contribution in [3.8, 4) is 0 Å². The fourth-order valence-corrected chi connectivity index (χ4v) is 3.44. The molecule has 10 heteroatoms. The maximum absolute atomic E-state index is 12.2. The van der Waals surface area contributed by atoms with Gasteiger partial charge in [-0.3, -0.25) is 13.8 Å². The molecule has 2 fully saturated rings. The molecule has 22 heavy (non-hydrogen) atoms. The second-order valence-corrected chi connectivity index (χ2v) is 6.88. The van der Waals surface area contributed by atoms with Gasteiger partial charge in [-0.25, -0.2) is 0 Å². The van der Waals surface area contributed by atoms with E-state index in [1.807, 2.05) is 0 Å². The van der Waals surface area contributed by atoms with Gasteiger partial charge in [0.2, 0.25) is 0 Å². The second-order valence-electron chi connectivity index (χ2n) is 5.24. The lowest BCUT2D eigenvalue weighted by atomic mass is 9.90. The Morgan fingerprint density at radius 1 is 1.32 bits per heavy atom. The quantitative estimate of drug-likeness (QED) is 0.347. The molecule has 0 aliphatic carbocycles. The van der Waals surface area contributed by atoms with Gasteiger partial charge < -0.3 is 14.2 Å². The molecule has 0 radical (unpaired) electrons. The Balaban J connectivity index is 2.26. The van der Waals surface area contributed by atoms with Crippen LogP contribution < -0.4 is 0 Å². The molecular formula is C12H21NO8S. The van der Waals surface area contributed by atoms with Crippen molar-refractivity contribution in [2.75, 3.05) is 40.7 Å². The van der Waals surface area contributed by atoms with Crippen LogP contribution >= 0.6 is 0 Å². The van der Waals surface area contributed by atoms with Crippen molar-refractivity contribution in [3.63, 3.8) is 0 Å². The maximum Gasteiger partial charge on any atom is 0.313 e. The van der Waals surface area contributed by atoms with Crippen LogP contribution in [0, 0.1) is 5.92 Å². The van der Waals surface area contributed by atoms with Crippen LogP contribution in [0.25, 0.3) is 0 Å². The maximum atomic E-state index is 12.2. The number of carbonyl (C=O) groups is 1. The van der Waals surface area contributed by atoms with E-state index in [9.17, 15) is 13.2 Å². The summed E-state index contributed by atoms with van der Waals surface area (Å²) in [6, 6.07) is -0.539. The predicted octanol–water partition coefficient (Wildman–Crippen LogP) is -0.871.